The van der Waals surface area contributed by atoms with Crippen molar-refractivity contribution < 1.29 is 57.7 Å². The molecule has 0 bridgehead atoms. The van der Waals surface area contributed by atoms with E-state index in [1.54, 1.807) is 20.8 Å². The van der Waals surface area contributed by atoms with Crippen molar-refractivity contribution in [3.8, 4) is 11.6 Å². The SMILES string of the molecule is COC(=O)OC[C@H]1O[C@@](O)(Oc2nn(C(C)C)c(C)c2Cc2c(F)cc(OC)cc2F)[C@H](O)[C@@H](O)[C@@H]1O. The second-order valence-electron chi connectivity index (χ2n) is 8.73. The fourth-order valence-electron chi connectivity index (χ4n) is 3.90. The first-order chi connectivity index (χ1) is 17.3. The highest BCUT2D eigenvalue weighted by atomic mass is 19.1. The van der Waals surface area contributed by atoms with E-state index in [0.717, 1.165) is 19.2 Å². The Morgan fingerprint density at radius 1 is 1.16 bits per heavy atom. The maximum atomic E-state index is 14.7. The molecule has 2 heterocycles. The van der Waals surface area contributed by atoms with Crippen LogP contribution in [0.2, 0.25) is 0 Å². The predicted molar refractivity (Wildman–Crippen MR) is 120 cm³/mol. The Kier molecular flexibility index (Phi) is 8.59. The summed E-state index contributed by atoms with van der Waals surface area (Å²) in [5, 5.41) is 46.3. The molecule has 1 aliphatic heterocycles. The molecule has 0 amide bonds. The predicted octanol–water partition coefficient (Wildman–Crippen LogP) is 0.939. The molecule has 1 saturated heterocycles. The normalized spacial score (nSPS) is 25.7. The molecule has 0 aliphatic carbocycles. The monoisotopic (exact) mass is 532 g/mol. The fourth-order valence-corrected chi connectivity index (χ4v) is 3.90. The van der Waals surface area contributed by atoms with Crippen molar-refractivity contribution in [2.24, 2.45) is 0 Å². The van der Waals surface area contributed by atoms with Crippen molar-refractivity contribution in [1.82, 2.24) is 9.78 Å². The van der Waals surface area contributed by atoms with Gasteiger partial charge in [-0.1, -0.05) is 0 Å². The van der Waals surface area contributed by atoms with Crippen molar-refractivity contribution in [1.29, 1.82) is 0 Å². The molecule has 206 valence electrons. The van der Waals surface area contributed by atoms with Gasteiger partial charge in [0.25, 0.3) is 0 Å². The third kappa shape index (κ3) is 5.78. The molecule has 12 nitrogen and oxygen atoms in total. The lowest BCUT2D eigenvalue weighted by atomic mass is 9.97. The minimum absolute atomic E-state index is 0.0226. The van der Waals surface area contributed by atoms with Crippen LogP contribution in [0.25, 0.3) is 0 Å². The van der Waals surface area contributed by atoms with E-state index >= 15 is 0 Å². The molecule has 2 aromatic rings. The van der Waals surface area contributed by atoms with Crippen LogP contribution in [0.3, 0.4) is 0 Å². The van der Waals surface area contributed by atoms with Crippen molar-refractivity contribution in [3.05, 3.63) is 40.6 Å². The van der Waals surface area contributed by atoms with Crippen LogP contribution in [0.1, 0.15) is 36.7 Å². The van der Waals surface area contributed by atoms with Gasteiger partial charge >= 0.3 is 12.1 Å². The number of nitrogens with zero attached hydrogens (tertiary/aromatic N) is 2. The van der Waals surface area contributed by atoms with Crippen LogP contribution >= 0.6 is 0 Å². The second kappa shape index (κ2) is 11.1. The third-order valence-electron chi connectivity index (χ3n) is 5.95. The number of ether oxygens (including phenoxy) is 5. The molecule has 37 heavy (non-hydrogen) atoms. The number of aliphatic hydroxyl groups excluding tert-OH is 3. The van der Waals surface area contributed by atoms with E-state index in [4.69, 9.17) is 18.9 Å². The molecule has 4 N–H and O–H groups in total. The van der Waals surface area contributed by atoms with Crippen molar-refractivity contribution in [3.63, 3.8) is 0 Å². The summed E-state index contributed by atoms with van der Waals surface area (Å²) in [4.78, 5) is 11.3. The summed E-state index contributed by atoms with van der Waals surface area (Å²) >= 11 is 0. The van der Waals surface area contributed by atoms with Gasteiger partial charge in [0.05, 0.1) is 14.2 Å². The van der Waals surface area contributed by atoms with Crippen LogP contribution < -0.4 is 9.47 Å². The van der Waals surface area contributed by atoms with Gasteiger partial charge in [0.1, 0.15) is 42.3 Å². The van der Waals surface area contributed by atoms with Gasteiger partial charge in [-0.2, -0.15) is 0 Å². The number of aromatic nitrogens is 2. The Balaban J connectivity index is 1.99. The van der Waals surface area contributed by atoms with Crippen LogP contribution in [0.4, 0.5) is 13.6 Å². The second-order valence-corrected chi connectivity index (χ2v) is 8.73. The first-order valence-electron chi connectivity index (χ1n) is 11.3. The number of carbonyl (C=O) groups is 1. The van der Waals surface area contributed by atoms with E-state index in [0.29, 0.717) is 5.69 Å². The molecule has 1 fully saturated rings. The van der Waals surface area contributed by atoms with Crippen LogP contribution in [0.5, 0.6) is 11.6 Å². The largest absolute Gasteiger partial charge is 0.508 e. The maximum Gasteiger partial charge on any atom is 0.508 e. The van der Waals surface area contributed by atoms with Gasteiger partial charge in [0.15, 0.2) is 6.10 Å². The molecule has 0 radical (unpaired) electrons. The molecular formula is C23H30F2N2O10. The Morgan fingerprint density at radius 2 is 1.78 bits per heavy atom. The fraction of sp³-hybridized carbons (Fsp3) is 0.565. The molecule has 0 unspecified atom stereocenters. The minimum Gasteiger partial charge on any atom is -0.497 e. The zero-order valence-electron chi connectivity index (χ0n) is 20.8. The summed E-state index contributed by atoms with van der Waals surface area (Å²) in [6.07, 6.45) is -9.07. The van der Waals surface area contributed by atoms with Gasteiger partial charge < -0.3 is 44.1 Å². The Hall–Kier alpha value is -3.04. The standard InChI is InChI=1S/C23H30F2N2O10/c1-10(2)27-11(3)13(8-14-15(24)6-12(33-4)7-16(14)25)21(26-27)37-23(32)20(30)19(29)18(28)17(36-23)9-35-22(31)34-5/h6-7,10,17-20,28-30,32H,8-9H2,1-5H3/t17-,18-,19+,20-,23-/m1/s1. The van der Waals surface area contributed by atoms with Crippen LogP contribution in [-0.4, -0.2) is 87.6 Å². The van der Waals surface area contributed by atoms with E-state index in [-0.39, 0.29) is 35.2 Å². The highest BCUT2D eigenvalue weighted by molar-refractivity contribution is 5.59. The minimum atomic E-state index is -3.00. The van der Waals surface area contributed by atoms with E-state index in [9.17, 15) is 34.0 Å². The highest BCUT2D eigenvalue weighted by Gasteiger charge is 2.56. The molecule has 0 saturated carbocycles. The molecular weight excluding hydrogens is 502 g/mol. The van der Waals surface area contributed by atoms with E-state index in [1.165, 1.54) is 11.8 Å². The molecule has 5 atom stereocenters. The van der Waals surface area contributed by atoms with Gasteiger partial charge in [0, 0.05) is 41.4 Å². The summed E-state index contributed by atoms with van der Waals surface area (Å²) < 4.78 is 55.6. The van der Waals surface area contributed by atoms with Gasteiger partial charge in [-0.05, 0) is 20.8 Å². The lowest BCUT2D eigenvalue weighted by Crippen LogP contribution is -2.67. The number of halogens is 2. The quantitative estimate of drug-likeness (QED) is 0.283. The number of aliphatic hydroxyl groups is 4. The molecule has 1 aromatic carbocycles. The van der Waals surface area contributed by atoms with Gasteiger partial charge in [-0.3, -0.25) is 4.68 Å². The van der Waals surface area contributed by atoms with Crippen molar-refractivity contribution in [2.75, 3.05) is 20.8 Å². The number of hydrogen-bond donors (Lipinski definition) is 4. The van der Waals surface area contributed by atoms with Gasteiger partial charge in [-0.25, -0.2) is 13.6 Å². The number of methoxy groups -OCH3 is 2. The zero-order chi connectivity index (χ0) is 27.7. The lowest BCUT2D eigenvalue weighted by molar-refractivity contribution is -0.423. The summed E-state index contributed by atoms with van der Waals surface area (Å²) in [7, 11) is 2.31. The first-order valence-corrected chi connectivity index (χ1v) is 11.3. The highest BCUT2D eigenvalue weighted by Crippen LogP contribution is 2.35. The Morgan fingerprint density at radius 3 is 2.32 bits per heavy atom. The number of benzene rings is 1. The molecule has 14 heteroatoms. The topological polar surface area (TPSA) is 162 Å². The van der Waals surface area contributed by atoms with Crippen LogP contribution in [0, 0.1) is 18.6 Å². The maximum absolute atomic E-state index is 14.7. The average molecular weight is 532 g/mol. The van der Waals surface area contributed by atoms with Crippen LogP contribution in [-0.2, 0) is 20.6 Å². The molecule has 1 aromatic heterocycles. The molecule has 0 spiro atoms. The average Bonchev–Trinajstić information content (AvgIpc) is 3.15. The van der Waals surface area contributed by atoms with Crippen molar-refractivity contribution in [2.45, 2.75) is 63.6 Å². The first kappa shape index (κ1) is 28.5. The lowest BCUT2D eigenvalue weighted by Gasteiger charge is -2.44. The number of carbonyl (C=O) groups excluding carboxylic acids is 1. The third-order valence-corrected chi connectivity index (χ3v) is 5.95. The van der Waals surface area contributed by atoms with Crippen LogP contribution in [0.15, 0.2) is 12.1 Å². The van der Waals surface area contributed by atoms with E-state index < -0.39 is 54.8 Å². The number of hydrogen-bond acceptors (Lipinski definition) is 11. The summed E-state index contributed by atoms with van der Waals surface area (Å²) in [6.45, 7) is 4.49. The smallest absolute Gasteiger partial charge is 0.497 e. The van der Waals surface area contributed by atoms with E-state index in [2.05, 4.69) is 9.84 Å². The van der Waals surface area contributed by atoms with Gasteiger partial charge in [0.2, 0.25) is 5.88 Å². The molecule has 1 aliphatic rings. The number of rotatable bonds is 8. The summed E-state index contributed by atoms with van der Waals surface area (Å²) in [6, 6.07) is 1.76. The van der Waals surface area contributed by atoms with Crippen molar-refractivity contribution >= 4 is 6.16 Å². The Labute approximate surface area is 210 Å². The summed E-state index contributed by atoms with van der Waals surface area (Å²) in [5.74, 6) is -5.18. The zero-order valence-corrected chi connectivity index (χ0v) is 20.8. The summed E-state index contributed by atoms with van der Waals surface area (Å²) in [5.41, 5.74) is 0.234. The van der Waals surface area contributed by atoms with E-state index in [1.807, 2.05) is 0 Å². The van der Waals surface area contributed by atoms with Gasteiger partial charge in [-0.15, -0.1) is 5.10 Å². The Bertz CT molecular complexity index is 1100. The molecule has 3 rings (SSSR count).